The summed E-state index contributed by atoms with van der Waals surface area (Å²) in [6.45, 7) is 4.52. The number of hydrogen-bond acceptors (Lipinski definition) is 1. The van der Waals surface area contributed by atoms with Crippen molar-refractivity contribution in [1.29, 1.82) is 0 Å². The minimum atomic E-state index is 0.362. The molecule has 2 heteroatoms. The molecule has 0 spiro atoms. The van der Waals surface area contributed by atoms with Crippen LogP contribution in [0.1, 0.15) is 43.9 Å². The van der Waals surface area contributed by atoms with Crippen LogP contribution in [0.5, 0.6) is 0 Å². The molecule has 0 unspecified atom stereocenters. The Labute approximate surface area is 120 Å². The van der Waals surface area contributed by atoms with Crippen LogP contribution in [0.25, 0.3) is 0 Å². The minimum Gasteiger partial charge on any atom is -0.261 e. The van der Waals surface area contributed by atoms with Crippen molar-refractivity contribution >= 4 is 11.6 Å². The van der Waals surface area contributed by atoms with Gasteiger partial charge in [-0.05, 0) is 42.2 Å². The Bertz CT molecular complexity index is 490. The summed E-state index contributed by atoms with van der Waals surface area (Å²) < 4.78 is 0. The van der Waals surface area contributed by atoms with Gasteiger partial charge in [-0.2, -0.15) is 0 Å². The van der Waals surface area contributed by atoms with E-state index in [1.54, 1.807) is 0 Å². The second-order valence-corrected chi connectivity index (χ2v) is 5.77. The Balaban J connectivity index is 2.26. The molecule has 0 bridgehead atoms. The van der Waals surface area contributed by atoms with E-state index in [4.69, 9.17) is 11.6 Å². The van der Waals surface area contributed by atoms with Gasteiger partial charge in [0.2, 0.25) is 0 Å². The van der Waals surface area contributed by atoms with Gasteiger partial charge in [0.1, 0.15) is 0 Å². The summed E-state index contributed by atoms with van der Waals surface area (Å²) in [6, 6.07) is 14.3. The quantitative estimate of drug-likeness (QED) is 0.720. The van der Waals surface area contributed by atoms with Crippen molar-refractivity contribution in [1.82, 2.24) is 4.98 Å². The summed E-state index contributed by atoms with van der Waals surface area (Å²) >= 11 is 5.97. The van der Waals surface area contributed by atoms with Crippen molar-refractivity contribution in [2.45, 2.75) is 32.6 Å². The second kappa shape index (κ2) is 6.72. The van der Waals surface area contributed by atoms with E-state index in [1.807, 2.05) is 24.4 Å². The van der Waals surface area contributed by atoms with E-state index in [0.717, 1.165) is 17.1 Å². The molecule has 0 aliphatic heterocycles. The zero-order valence-electron chi connectivity index (χ0n) is 11.5. The maximum atomic E-state index is 5.97. The molecule has 19 heavy (non-hydrogen) atoms. The summed E-state index contributed by atoms with van der Waals surface area (Å²) in [7, 11) is 0. The highest BCUT2D eigenvalue weighted by molar-refractivity contribution is 6.30. The molecule has 100 valence electrons. The van der Waals surface area contributed by atoms with Gasteiger partial charge in [-0.15, -0.1) is 0 Å². The highest BCUT2D eigenvalue weighted by atomic mass is 35.5. The fourth-order valence-corrected chi connectivity index (χ4v) is 2.39. The van der Waals surface area contributed by atoms with Crippen LogP contribution in [0.4, 0.5) is 0 Å². The van der Waals surface area contributed by atoms with Gasteiger partial charge in [-0.1, -0.05) is 50.1 Å². The molecule has 0 N–H and O–H groups in total. The second-order valence-electron chi connectivity index (χ2n) is 5.33. The maximum absolute atomic E-state index is 5.97. The van der Waals surface area contributed by atoms with Gasteiger partial charge in [0.05, 0.1) is 0 Å². The van der Waals surface area contributed by atoms with E-state index in [-0.39, 0.29) is 0 Å². The molecule has 0 aliphatic carbocycles. The Morgan fingerprint density at radius 2 is 1.74 bits per heavy atom. The Morgan fingerprint density at radius 1 is 1.00 bits per heavy atom. The first-order chi connectivity index (χ1) is 9.16. The normalized spacial score (nSPS) is 12.6. The van der Waals surface area contributed by atoms with Crippen molar-refractivity contribution in [3.05, 3.63) is 64.9 Å². The van der Waals surface area contributed by atoms with Crippen molar-refractivity contribution < 1.29 is 0 Å². The fraction of sp³-hybridized carbons (Fsp3) is 0.353. The van der Waals surface area contributed by atoms with Crippen LogP contribution in [0.3, 0.4) is 0 Å². The Morgan fingerprint density at radius 3 is 2.32 bits per heavy atom. The SMILES string of the molecule is CC(C)CC[C@@H](c1ccc(Cl)cc1)c1ccccn1. The molecule has 1 heterocycles. The third kappa shape index (κ3) is 4.07. The average Bonchev–Trinajstić information content (AvgIpc) is 2.42. The topological polar surface area (TPSA) is 12.9 Å². The first-order valence-electron chi connectivity index (χ1n) is 6.83. The summed E-state index contributed by atoms with van der Waals surface area (Å²) in [5.74, 6) is 1.07. The summed E-state index contributed by atoms with van der Waals surface area (Å²) in [4.78, 5) is 4.52. The lowest BCUT2D eigenvalue weighted by molar-refractivity contribution is 0.524. The van der Waals surface area contributed by atoms with E-state index in [0.29, 0.717) is 11.8 Å². The van der Waals surface area contributed by atoms with Gasteiger partial charge in [0.15, 0.2) is 0 Å². The molecule has 0 radical (unpaired) electrons. The zero-order valence-corrected chi connectivity index (χ0v) is 12.3. The van der Waals surface area contributed by atoms with Crippen molar-refractivity contribution in [3.8, 4) is 0 Å². The standard InChI is InChI=1S/C17H20ClN/c1-13(2)6-11-16(17-5-3-4-12-19-17)14-7-9-15(18)10-8-14/h3-5,7-10,12-13,16H,6,11H2,1-2H3/t16-/m0/s1. The number of hydrogen-bond donors (Lipinski definition) is 0. The summed E-state index contributed by atoms with van der Waals surface area (Å²) in [6.07, 6.45) is 4.19. The molecule has 2 rings (SSSR count). The minimum absolute atomic E-state index is 0.362. The molecule has 1 aromatic heterocycles. The van der Waals surface area contributed by atoms with Gasteiger partial charge in [-0.25, -0.2) is 0 Å². The molecule has 0 fully saturated rings. The van der Waals surface area contributed by atoms with Crippen LogP contribution in [0, 0.1) is 5.92 Å². The molecular formula is C17H20ClN. The third-order valence-corrected chi connectivity index (χ3v) is 3.60. The number of nitrogens with zero attached hydrogens (tertiary/aromatic N) is 1. The molecule has 1 aromatic carbocycles. The summed E-state index contributed by atoms with van der Waals surface area (Å²) in [5, 5.41) is 0.785. The maximum Gasteiger partial charge on any atom is 0.0478 e. The highest BCUT2D eigenvalue weighted by Gasteiger charge is 2.15. The molecule has 0 aliphatic rings. The van der Waals surface area contributed by atoms with Gasteiger partial charge in [0, 0.05) is 22.8 Å². The number of halogens is 1. The Hall–Kier alpha value is -1.34. The Kier molecular flexibility index (Phi) is 4.98. The van der Waals surface area contributed by atoms with Crippen LogP contribution in [-0.2, 0) is 0 Å². The average molecular weight is 274 g/mol. The van der Waals surface area contributed by atoms with E-state index in [2.05, 4.69) is 43.1 Å². The third-order valence-electron chi connectivity index (χ3n) is 3.35. The van der Waals surface area contributed by atoms with E-state index >= 15 is 0 Å². The van der Waals surface area contributed by atoms with Crippen LogP contribution < -0.4 is 0 Å². The molecule has 1 nitrogen and oxygen atoms in total. The molecule has 0 amide bonds. The van der Waals surface area contributed by atoms with Crippen LogP contribution in [0.2, 0.25) is 5.02 Å². The van der Waals surface area contributed by atoms with Crippen molar-refractivity contribution in [2.75, 3.05) is 0 Å². The van der Waals surface area contributed by atoms with E-state index < -0.39 is 0 Å². The van der Waals surface area contributed by atoms with Crippen LogP contribution >= 0.6 is 11.6 Å². The van der Waals surface area contributed by atoms with Gasteiger partial charge in [-0.3, -0.25) is 4.98 Å². The zero-order chi connectivity index (χ0) is 13.7. The molecule has 1 atom stereocenters. The smallest absolute Gasteiger partial charge is 0.0478 e. The molecule has 2 aromatic rings. The van der Waals surface area contributed by atoms with Gasteiger partial charge < -0.3 is 0 Å². The molecule has 0 saturated carbocycles. The molecular weight excluding hydrogens is 254 g/mol. The van der Waals surface area contributed by atoms with Crippen LogP contribution in [0.15, 0.2) is 48.7 Å². The van der Waals surface area contributed by atoms with Crippen molar-refractivity contribution in [2.24, 2.45) is 5.92 Å². The first-order valence-corrected chi connectivity index (χ1v) is 7.21. The first kappa shape index (κ1) is 14.1. The van der Waals surface area contributed by atoms with Gasteiger partial charge in [0.25, 0.3) is 0 Å². The van der Waals surface area contributed by atoms with Gasteiger partial charge >= 0.3 is 0 Å². The molecule has 0 saturated heterocycles. The number of rotatable bonds is 5. The lowest BCUT2D eigenvalue weighted by Crippen LogP contribution is -2.05. The highest BCUT2D eigenvalue weighted by Crippen LogP contribution is 2.30. The monoisotopic (exact) mass is 273 g/mol. The number of benzene rings is 1. The van der Waals surface area contributed by atoms with E-state index in [9.17, 15) is 0 Å². The largest absolute Gasteiger partial charge is 0.261 e. The lowest BCUT2D eigenvalue weighted by Gasteiger charge is -2.18. The van der Waals surface area contributed by atoms with Crippen molar-refractivity contribution in [3.63, 3.8) is 0 Å². The van der Waals surface area contributed by atoms with Crippen LogP contribution in [-0.4, -0.2) is 4.98 Å². The number of aromatic nitrogens is 1. The lowest BCUT2D eigenvalue weighted by atomic mass is 9.88. The van der Waals surface area contributed by atoms with E-state index in [1.165, 1.54) is 12.0 Å². The predicted octanol–water partition coefficient (Wildman–Crippen LogP) is 5.30. The predicted molar refractivity (Wildman–Crippen MR) is 81.6 cm³/mol. The fourth-order valence-electron chi connectivity index (χ4n) is 2.26. The summed E-state index contributed by atoms with van der Waals surface area (Å²) in [5.41, 5.74) is 2.44. The number of pyridine rings is 1.